The molecule has 1 fully saturated rings. The third-order valence-corrected chi connectivity index (χ3v) is 3.56. The van der Waals surface area contributed by atoms with Crippen LogP contribution in [0, 0.1) is 5.92 Å². The Morgan fingerprint density at radius 2 is 2.18 bits per heavy atom. The maximum Gasteiger partial charge on any atom is 0.0201 e. The van der Waals surface area contributed by atoms with Crippen LogP contribution in [0.1, 0.15) is 40.5 Å². The van der Waals surface area contributed by atoms with Gasteiger partial charge in [0.15, 0.2) is 0 Å². The molecule has 1 unspecified atom stereocenters. The molecule has 1 saturated heterocycles. The monoisotopic (exact) mass is 258 g/mol. The summed E-state index contributed by atoms with van der Waals surface area (Å²) in [4.78, 5) is 2.52. The maximum atomic E-state index is 5.73. The fraction of sp³-hybridized carbons (Fsp3) is 0.857. The van der Waals surface area contributed by atoms with Gasteiger partial charge in [-0.2, -0.15) is 0 Å². The van der Waals surface area contributed by atoms with Gasteiger partial charge in [-0.15, -0.1) is 0 Å². The van der Waals surface area contributed by atoms with Crippen molar-refractivity contribution in [2.24, 2.45) is 5.92 Å². The molecule has 17 heavy (non-hydrogen) atoms. The van der Waals surface area contributed by atoms with E-state index in [2.05, 4.69) is 37.9 Å². The van der Waals surface area contributed by atoms with Crippen LogP contribution in [0.5, 0.6) is 0 Å². The van der Waals surface area contributed by atoms with Crippen LogP contribution in [0.25, 0.3) is 0 Å². The minimum absolute atomic E-state index is 0.230. The van der Waals surface area contributed by atoms with Crippen LogP contribution >= 0.6 is 11.6 Å². The van der Waals surface area contributed by atoms with E-state index < -0.39 is 0 Å². The molecular formula is C14H27ClN2. The van der Waals surface area contributed by atoms with Crippen molar-refractivity contribution in [1.82, 2.24) is 10.2 Å². The molecule has 2 nitrogen and oxygen atoms in total. The zero-order chi connectivity index (χ0) is 12.9. The maximum absolute atomic E-state index is 5.73. The molecule has 3 heteroatoms. The summed E-state index contributed by atoms with van der Waals surface area (Å²) in [6, 6.07) is 0. The molecule has 100 valence electrons. The van der Waals surface area contributed by atoms with E-state index in [0.717, 1.165) is 19.0 Å². The van der Waals surface area contributed by atoms with Crippen molar-refractivity contribution in [3.63, 3.8) is 0 Å². The lowest BCUT2D eigenvalue weighted by atomic mass is 9.96. The van der Waals surface area contributed by atoms with Gasteiger partial charge in [0.1, 0.15) is 0 Å². The van der Waals surface area contributed by atoms with Gasteiger partial charge in [0.05, 0.1) is 0 Å². The molecule has 0 amide bonds. The molecule has 1 heterocycles. The van der Waals surface area contributed by atoms with E-state index in [-0.39, 0.29) is 5.54 Å². The summed E-state index contributed by atoms with van der Waals surface area (Å²) in [6.45, 7) is 13.4. The minimum Gasteiger partial charge on any atom is -0.312 e. The number of rotatable bonds is 4. The predicted octanol–water partition coefficient (Wildman–Crippen LogP) is 3.23. The molecule has 0 aromatic heterocycles. The Morgan fingerprint density at radius 1 is 1.47 bits per heavy atom. The van der Waals surface area contributed by atoms with Crippen LogP contribution in [-0.4, -0.2) is 36.6 Å². The highest BCUT2D eigenvalue weighted by Crippen LogP contribution is 2.17. The molecule has 1 N–H and O–H groups in total. The molecule has 0 aromatic rings. The highest BCUT2D eigenvalue weighted by molar-refractivity contribution is 6.25. The minimum atomic E-state index is 0.230. The summed E-state index contributed by atoms with van der Waals surface area (Å²) in [7, 11) is 0. The lowest BCUT2D eigenvalue weighted by molar-refractivity contribution is 0.178. The number of nitrogens with zero attached hydrogens (tertiary/aromatic N) is 1. The highest BCUT2D eigenvalue weighted by Gasteiger charge is 2.21. The lowest BCUT2D eigenvalue weighted by Gasteiger charge is -2.34. The highest BCUT2D eigenvalue weighted by atomic mass is 35.5. The molecule has 0 aliphatic carbocycles. The van der Waals surface area contributed by atoms with Crippen LogP contribution in [0.3, 0.4) is 0 Å². The summed E-state index contributed by atoms with van der Waals surface area (Å²) in [5.74, 6) is 0.783. The molecule has 1 atom stereocenters. The summed E-state index contributed by atoms with van der Waals surface area (Å²) in [5.41, 5.74) is 3.20. The zero-order valence-corrected chi connectivity index (χ0v) is 12.5. The van der Waals surface area contributed by atoms with Crippen molar-refractivity contribution < 1.29 is 0 Å². The van der Waals surface area contributed by atoms with Crippen LogP contribution < -0.4 is 5.32 Å². The van der Waals surface area contributed by atoms with Gasteiger partial charge in [-0.3, -0.25) is 4.90 Å². The second-order valence-electron chi connectivity index (χ2n) is 6.33. The van der Waals surface area contributed by atoms with Crippen LogP contribution in [0.15, 0.2) is 11.1 Å². The average molecular weight is 259 g/mol. The Hall–Kier alpha value is -0.0500. The Labute approximate surface area is 111 Å². The van der Waals surface area contributed by atoms with Crippen molar-refractivity contribution in [2.45, 2.75) is 46.1 Å². The summed E-state index contributed by atoms with van der Waals surface area (Å²) >= 11 is 5.73. The van der Waals surface area contributed by atoms with Crippen molar-refractivity contribution in [3.8, 4) is 0 Å². The first-order valence-electron chi connectivity index (χ1n) is 6.64. The van der Waals surface area contributed by atoms with Gasteiger partial charge in [0.25, 0.3) is 0 Å². The molecule has 0 radical (unpaired) electrons. The molecule has 0 bridgehead atoms. The number of nitrogens with one attached hydrogen (secondary N) is 1. The molecule has 1 aliphatic rings. The van der Waals surface area contributed by atoms with E-state index >= 15 is 0 Å². The number of halogens is 1. The van der Waals surface area contributed by atoms with Crippen molar-refractivity contribution in [1.29, 1.82) is 0 Å². The van der Waals surface area contributed by atoms with Gasteiger partial charge in [-0.1, -0.05) is 11.6 Å². The Morgan fingerprint density at radius 3 is 2.76 bits per heavy atom. The molecule has 1 rings (SSSR count). The first-order chi connectivity index (χ1) is 7.90. The molecular weight excluding hydrogens is 232 g/mol. The largest absolute Gasteiger partial charge is 0.312 e. The van der Waals surface area contributed by atoms with Crippen LogP contribution in [0.4, 0.5) is 0 Å². The first kappa shape index (κ1) is 15.0. The first-order valence-corrected chi connectivity index (χ1v) is 7.07. The quantitative estimate of drug-likeness (QED) is 0.833. The van der Waals surface area contributed by atoms with E-state index in [1.165, 1.54) is 31.5 Å². The van der Waals surface area contributed by atoms with Gasteiger partial charge in [0, 0.05) is 24.2 Å². The summed E-state index contributed by atoms with van der Waals surface area (Å²) in [6.07, 6.45) is 2.66. The normalized spacial score (nSPS) is 24.1. The summed E-state index contributed by atoms with van der Waals surface area (Å²) < 4.78 is 0. The standard InChI is InChI=1S/C14H27ClN2/c1-12(8-15)10-17-7-5-6-13(11-17)9-16-14(2,3)4/h8,13,16H,5-7,9-11H2,1-4H3. The molecule has 0 aromatic carbocycles. The fourth-order valence-electron chi connectivity index (χ4n) is 2.30. The Balaban J connectivity index is 2.33. The third-order valence-electron chi connectivity index (χ3n) is 3.18. The molecule has 0 spiro atoms. The van der Waals surface area contributed by atoms with E-state index in [9.17, 15) is 0 Å². The predicted molar refractivity (Wildman–Crippen MR) is 76.5 cm³/mol. The zero-order valence-electron chi connectivity index (χ0n) is 11.7. The van der Waals surface area contributed by atoms with Gasteiger partial charge in [0.2, 0.25) is 0 Å². The smallest absolute Gasteiger partial charge is 0.0201 e. The van der Waals surface area contributed by atoms with Crippen LogP contribution in [0.2, 0.25) is 0 Å². The van der Waals surface area contributed by atoms with E-state index in [1.807, 2.05) is 0 Å². The lowest BCUT2D eigenvalue weighted by Crippen LogP contribution is -2.44. The van der Waals surface area contributed by atoms with Gasteiger partial charge < -0.3 is 5.32 Å². The van der Waals surface area contributed by atoms with Gasteiger partial charge in [-0.25, -0.2) is 0 Å². The van der Waals surface area contributed by atoms with Gasteiger partial charge in [-0.05, 0) is 65.1 Å². The third kappa shape index (κ3) is 6.44. The fourth-order valence-corrected chi connectivity index (χ4v) is 2.37. The Kier molecular flexibility index (Phi) is 5.98. The number of hydrogen-bond donors (Lipinski definition) is 1. The van der Waals surface area contributed by atoms with E-state index in [4.69, 9.17) is 11.6 Å². The van der Waals surface area contributed by atoms with Crippen molar-refractivity contribution in [3.05, 3.63) is 11.1 Å². The van der Waals surface area contributed by atoms with E-state index in [1.54, 1.807) is 5.54 Å². The SMILES string of the molecule is CC(=CCl)CN1CCCC(CNC(C)(C)C)C1. The second-order valence-corrected chi connectivity index (χ2v) is 6.55. The molecule has 0 saturated carbocycles. The molecule has 1 aliphatic heterocycles. The number of likely N-dealkylation sites (tertiary alicyclic amines) is 1. The topological polar surface area (TPSA) is 15.3 Å². The van der Waals surface area contributed by atoms with Crippen molar-refractivity contribution >= 4 is 11.6 Å². The average Bonchev–Trinajstić information content (AvgIpc) is 2.26. The van der Waals surface area contributed by atoms with E-state index in [0.29, 0.717) is 0 Å². The number of hydrogen-bond acceptors (Lipinski definition) is 2. The second kappa shape index (κ2) is 6.77. The number of piperidine rings is 1. The van der Waals surface area contributed by atoms with Crippen molar-refractivity contribution in [2.75, 3.05) is 26.2 Å². The van der Waals surface area contributed by atoms with Gasteiger partial charge >= 0.3 is 0 Å². The summed E-state index contributed by atoms with van der Waals surface area (Å²) in [5, 5.41) is 3.61. The van der Waals surface area contributed by atoms with Crippen LogP contribution in [-0.2, 0) is 0 Å². The Bertz CT molecular complexity index is 255.